The summed E-state index contributed by atoms with van der Waals surface area (Å²) in [5.74, 6) is -0.537. The lowest BCUT2D eigenvalue weighted by Crippen LogP contribution is -2.53. The predicted octanol–water partition coefficient (Wildman–Crippen LogP) is 4.32. The molecule has 1 aromatic carbocycles. The zero-order valence-electron chi connectivity index (χ0n) is 21.2. The number of amides is 3. The Morgan fingerprint density at radius 1 is 1.12 bits per heavy atom. The molecule has 0 saturated carbocycles. The molecule has 2 N–H and O–H groups in total. The van der Waals surface area contributed by atoms with Crippen LogP contribution < -0.4 is 10.6 Å². The Labute approximate surface area is 204 Å². The van der Waals surface area contributed by atoms with Crippen molar-refractivity contribution in [1.82, 2.24) is 15.5 Å². The molecule has 1 aromatic rings. The second kappa shape index (κ2) is 13.5. The summed E-state index contributed by atoms with van der Waals surface area (Å²) in [5.41, 5.74) is 2.07. The number of nitrogens with one attached hydrogen (secondary N) is 2. The van der Waals surface area contributed by atoms with E-state index in [0.717, 1.165) is 36.0 Å². The van der Waals surface area contributed by atoms with Crippen LogP contribution in [-0.2, 0) is 14.3 Å². The summed E-state index contributed by atoms with van der Waals surface area (Å²) < 4.78 is 5.30. The van der Waals surface area contributed by atoms with Crippen molar-refractivity contribution < 1.29 is 19.1 Å². The van der Waals surface area contributed by atoms with Gasteiger partial charge in [-0.25, -0.2) is 4.79 Å². The largest absolute Gasteiger partial charge is 0.444 e. The van der Waals surface area contributed by atoms with Crippen LogP contribution in [0.4, 0.5) is 4.79 Å². The number of carbonyl (C=O) groups excluding carboxylic acids is 3. The molecule has 0 saturated heterocycles. The number of carbonyl (C=O) groups is 3. The van der Waals surface area contributed by atoms with E-state index in [1.54, 1.807) is 20.8 Å². The summed E-state index contributed by atoms with van der Waals surface area (Å²) in [6, 6.07) is 4.01. The molecule has 2 unspecified atom stereocenters. The van der Waals surface area contributed by atoms with Gasteiger partial charge in [-0.3, -0.25) is 9.59 Å². The number of alkyl carbamates (subject to hydrolysis) is 1. The summed E-state index contributed by atoms with van der Waals surface area (Å²) in [5, 5.41) is 5.61. The zero-order valence-corrected chi connectivity index (χ0v) is 22.1. The fraction of sp³-hybridized carbons (Fsp3) is 0.640. The Morgan fingerprint density at radius 3 is 2.33 bits per heavy atom. The van der Waals surface area contributed by atoms with Crippen molar-refractivity contribution in [2.45, 2.75) is 85.4 Å². The molecule has 1 rings (SSSR count). The lowest BCUT2D eigenvalue weighted by Gasteiger charge is -2.34. The maximum Gasteiger partial charge on any atom is 0.408 e. The Hall–Kier alpha value is -2.22. The summed E-state index contributed by atoms with van der Waals surface area (Å²) in [6.07, 6.45) is 2.25. The van der Waals surface area contributed by atoms with Crippen LogP contribution in [0.25, 0.3) is 0 Å². The van der Waals surface area contributed by atoms with Crippen LogP contribution in [0.3, 0.4) is 0 Å². The first-order chi connectivity index (χ1) is 15.5. The van der Waals surface area contributed by atoms with Gasteiger partial charge >= 0.3 is 6.09 Å². The van der Waals surface area contributed by atoms with Gasteiger partial charge < -0.3 is 20.3 Å². The molecule has 3 amide bonds. The second-order valence-corrected chi connectivity index (χ2v) is 9.56. The van der Waals surface area contributed by atoms with Gasteiger partial charge in [-0.1, -0.05) is 38.0 Å². The first kappa shape index (κ1) is 28.8. The number of hydrogen-bond acceptors (Lipinski definition) is 5. The molecule has 0 aromatic heterocycles. The molecular weight excluding hydrogens is 438 g/mol. The van der Waals surface area contributed by atoms with Crippen LogP contribution >= 0.6 is 12.6 Å². The van der Waals surface area contributed by atoms with Gasteiger partial charge in [0.15, 0.2) is 0 Å². The SMILES string of the molecule is CCCCCNC(=O)C(c1cccc(C)c1C)N(CC)C(=O)C(CS)NC(=O)OC(C)(C)C. The summed E-state index contributed by atoms with van der Waals surface area (Å²) >= 11 is 4.28. The van der Waals surface area contributed by atoms with Gasteiger partial charge in [0.05, 0.1) is 0 Å². The molecule has 0 aliphatic carbocycles. The molecule has 0 aliphatic rings. The number of hydrogen-bond donors (Lipinski definition) is 3. The Bertz CT molecular complexity index is 807. The molecular formula is C25H41N3O4S. The van der Waals surface area contributed by atoms with Crippen LogP contribution in [0, 0.1) is 13.8 Å². The van der Waals surface area contributed by atoms with E-state index in [4.69, 9.17) is 4.74 Å². The van der Waals surface area contributed by atoms with E-state index in [1.165, 1.54) is 4.90 Å². The van der Waals surface area contributed by atoms with E-state index in [9.17, 15) is 14.4 Å². The highest BCUT2D eigenvalue weighted by Gasteiger charge is 2.35. The predicted molar refractivity (Wildman–Crippen MR) is 136 cm³/mol. The zero-order chi connectivity index (χ0) is 25.2. The van der Waals surface area contributed by atoms with E-state index < -0.39 is 23.8 Å². The quantitative estimate of drug-likeness (QED) is 0.326. The standard InChI is InChI=1S/C25H41N3O4S/c1-8-10-11-15-26-22(29)21(19-14-12-13-17(3)18(19)4)28(9-2)23(30)20(16-33)27-24(31)32-25(5,6)7/h12-14,20-21,33H,8-11,15-16H2,1-7H3,(H,26,29)(H,27,31). The van der Waals surface area contributed by atoms with E-state index >= 15 is 0 Å². The molecule has 0 spiro atoms. The summed E-state index contributed by atoms with van der Waals surface area (Å²) in [6.45, 7) is 14.0. The van der Waals surface area contributed by atoms with Crippen LogP contribution in [0.15, 0.2) is 18.2 Å². The number of unbranched alkanes of at least 4 members (excludes halogenated alkanes) is 2. The van der Waals surface area contributed by atoms with Gasteiger partial charge in [-0.05, 0) is 64.7 Å². The normalized spacial score (nSPS) is 13.1. The van der Waals surface area contributed by atoms with Gasteiger partial charge in [0.25, 0.3) is 0 Å². The smallest absolute Gasteiger partial charge is 0.408 e. The number of ether oxygens (including phenoxy) is 1. The molecule has 7 nitrogen and oxygen atoms in total. The van der Waals surface area contributed by atoms with Crippen molar-refractivity contribution in [3.05, 3.63) is 34.9 Å². The topological polar surface area (TPSA) is 87.7 Å². The summed E-state index contributed by atoms with van der Waals surface area (Å²) in [7, 11) is 0. The highest BCUT2D eigenvalue weighted by atomic mass is 32.1. The molecule has 33 heavy (non-hydrogen) atoms. The highest BCUT2D eigenvalue weighted by Crippen LogP contribution is 2.27. The number of thiol groups is 1. The first-order valence-corrected chi connectivity index (χ1v) is 12.3. The van der Waals surface area contributed by atoms with E-state index in [2.05, 4.69) is 30.2 Å². The van der Waals surface area contributed by atoms with E-state index in [0.29, 0.717) is 13.1 Å². The third-order valence-corrected chi connectivity index (χ3v) is 5.74. The minimum Gasteiger partial charge on any atom is -0.444 e. The van der Waals surface area contributed by atoms with Gasteiger partial charge in [0, 0.05) is 18.8 Å². The van der Waals surface area contributed by atoms with Gasteiger partial charge in [0.2, 0.25) is 11.8 Å². The number of benzene rings is 1. The maximum absolute atomic E-state index is 13.5. The highest BCUT2D eigenvalue weighted by molar-refractivity contribution is 7.80. The minimum atomic E-state index is -0.927. The number of likely N-dealkylation sites (N-methyl/N-ethyl adjacent to an activating group) is 1. The molecule has 0 bridgehead atoms. The number of rotatable bonds is 11. The van der Waals surface area contributed by atoms with Gasteiger partial charge in [-0.2, -0.15) is 12.6 Å². The van der Waals surface area contributed by atoms with Crippen molar-refractivity contribution in [3.8, 4) is 0 Å². The number of nitrogens with zero attached hydrogens (tertiary/aromatic N) is 1. The Morgan fingerprint density at radius 2 is 1.79 bits per heavy atom. The average Bonchev–Trinajstić information content (AvgIpc) is 2.73. The van der Waals surface area contributed by atoms with Crippen molar-refractivity contribution >= 4 is 30.5 Å². The van der Waals surface area contributed by atoms with Crippen LogP contribution in [0.2, 0.25) is 0 Å². The monoisotopic (exact) mass is 479 g/mol. The Kier molecular flexibility index (Phi) is 11.8. The lowest BCUT2D eigenvalue weighted by molar-refractivity contribution is -0.141. The molecule has 2 atom stereocenters. The van der Waals surface area contributed by atoms with Crippen LogP contribution in [-0.4, -0.2) is 53.3 Å². The van der Waals surface area contributed by atoms with Crippen LogP contribution in [0.1, 0.15) is 76.6 Å². The molecule has 0 aliphatic heterocycles. The van der Waals surface area contributed by atoms with Crippen LogP contribution in [0.5, 0.6) is 0 Å². The molecule has 8 heteroatoms. The summed E-state index contributed by atoms with van der Waals surface area (Å²) in [4.78, 5) is 40.7. The van der Waals surface area contributed by atoms with Crippen molar-refractivity contribution in [3.63, 3.8) is 0 Å². The van der Waals surface area contributed by atoms with Crippen molar-refractivity contribution in [2.24, 2.45) is 0 Å². The lowest BCUT2D eigenvalue weighted by atomic mass is 9.95. The fourth-order valence-electron chi connectivity index (χ4n) is 3.51. The first-order valence-electron chi connectivity index (χ1n) is 11.7. The minimum absolute atomic E-state index is 0.0756. The molecule has 0 heterocycles. The van der Waals surface area contributed by atoms with Crippen molar-refractivity contribution in [2.75, 3.05) is 18.8 Å². The second-order valence-electron chi connectivity index (χ2n) is 9.20. The third kappa shape index (κ3) is 8.91. The molecule has 186 valence electrons. The van der Waals surface area contributed by atoms with Gasteiger partial charge in [-0.15, -0.1) is 0 Å². The third-order valence-electron chi connectivity index (χ3n) is 5.38. The number of aryl methyl sites for hydroxylation is 1. The Balaban J connectivity index is 3.26. The molecule has 0 fully saturated rings. The average molecular weight is 480 g/mol. The molecule has 0 radical (unpaired) electrons. The van der Waals surface area contributed by atoms with Gasteiger partial charge in [0.1, 0.15) is 17.7 Å². The fourth-order valence-corrected chi connectivity index (χ4v) is 3.75. The maximum atomic E-state index is 13.5. The van der Waals surface area contributed by atoms with E-state index in [-0.39, 0.29) is 17.6 Å². The van der Waals surface area contributed by atoms with E-state index in [1.807, 2.05) is 39.0 Å². The van der Waals surface area contributed by atoms with Crippen molar-refractivity contribution in [1.29, 1.82) is 0 Å².